The van der Waals surface area contributed by atoms with E-state index in [4.69, 9.17) is 16.3 Å². The number of aromatic nitrogens is 2. The van der Waals surface area contributed by atoms with E-state index in [9.17, 15) is 0 Å². The van der Waals surface area contributed by atoms with E-state index in [1.165, 1.54) is 0 Å². The standard InChI is InChI=1S/C12H11ClIN3O/c1-18-7-12-16-10(13)6-11(17-12)15-9-4-2-3-8(14)5-9/h2-6H,7H2,1H3,(H,15,16,17). The summed E-state index contributed by atoms with van der Waals surface area (Å²) in [4.78, 5) is 8.38. The van der Waals surface area contributed by atoms with Gasteiger partial charge in [0.15, 0.2) is 5.82 Å². The molecular weight excluding hydrogens is 365 g/mol. The van der Waals surface area contributed by atoms with Crippen molar-refractivity contribution >= 4 is 45.7 Å². The largest absolute Gasteiger partial charge is 0.377 e. The van der Waals surface area contributed by atoms with Crippen LogP contribution in [0.4, 0.5) is 11.5 Å². The Morgan fingerprint density at radius 3 is 2.89 bits per heavy atom. The van der Waals surface area contributed by atoms with Crippen LogP contribution in [-0.2, 0) is 11.3 Å². The number of hydrogen-bond acceptors (Lipinski definition) is 4. The Morgan fingerprint density at radius 2 is 2.17 bits per heavy atom. The maximum atomic E-state index is 5.94. The summed E-state index contributed by atoms with van der Waals surface area (Å²) in [5.74, 6) is 1.21. The van der Waals surface area contributed by atoms with Crippen LogP contribution in [0.2, 0.25) is 5.15 Å². The van der Waals surface area contributed by atoms with Crippen LogP contribution in [0.15, 0.2) is 30.3 Å². The maximum Gasteiger partial charge on any atom is 0.158 e. The number of rotatable bonds is 4. The van der Waals surface area contributed by atoms with E-state index in [-0.39, 0.29) is 0 Å². The van der Waals surface area contributed by atoms with Crippen molar-refractivity contribution in [1.82, 2.24) is 9.97 Å². The van der Waals surface area contributed by atoms with Gasteiger partial charge in [-0.25, -0.2) is 9.97 Å². The highest BCUT2D eigenvalue weighted by atomic mass is 127. The zero-order chi connectivity index (χ0) is 13.0. The normalized spacial score (nSPS) is 10.4. The second kappa shape index (κ2) is 6.31. The Hall–Kier alpha value is -0.920. The van der Waals surface area contributed by atoms with Gasteiger partial charge in [-0.3, -0.25) is 0 Å². The molecule has 0 atom stereocenters. The molecule has 1 aromatic carbocycles. The highest BCUT2D eigenvalue weighted by Gasteiger charge is 2.03. The molecule has 18 heavy (non-hydrogen) atoms. The average molecular weight is 376 g/mol. The monoisotopic (exact) mass is 375 g/mol. The molecule has 0 aliphatic rings. The van der Waals surface area contributed by atoms with E-state index >= 15 is 0 Å². The number of hydrogen-bond donors (Lipinski definition) is 1. The van der Waals surface area contributed by atoms with Gasteiger partial charge in [-0.05, 0) is 40.8 Å². The predicted octanol–water partition coefficient (Wildman–Crippen LogP) is 3.62. The molecular formula is C12H11ClIN3O. The van der Waals surface area contributed by atoms with Crippen molar-refractivity contribution in [2.75, 3.05) is 12.4 Å². The molecule has 1 heterocycles. The molecule has 0 fully saturated rings. The highest BCUT2D eigenvalue weighted by Crippen LogP contribution is 2.19. The zero-order valence-corrected chi connectivity index (χ0v) is 12.6. The second-order valence-corrected chi connectivity index (χ2v) is 5.19. The molecule has 2 aromatic rings. The number of anilines is 2. The summed E-state index contributed by atoms with van der Waals surface area (Å²) in [6, 6.07) is 9.67. The Morgan fingerprint density at radius 1 is 1.33 bits per heavy atom. The van der Waals surface area contributed by atoms with Gasteiger partial charge < -0.3 is 10.1 Å². The van der Waals surface area contributed by atoms with Gasteiger partial charge in [0.05, 0.1) is 0 Å². The van der Waals surface area contributed by atoms with Gasteiger partial charge in [0.25, 0.3) is 0 Å². The number of benzene rings is 1. The lowest BCUT2D eigenvalue weighted by molar-refractivity contribution is 0.178. The van der Waals surface area contributed by atoms with Crippen LogP contribution in [0.5, 0.6) is 0 Å². The van der Waals surface area contributed by atoms with Crippen molar-refractivity contribution < 1.29 is 4.74 Å². The minimum absolute atomic E-state index is 0.335. The highest BCUT2D eigenvalue weighted by molar-refractivity contribution is 14.1. The van der Waals surface area contributed by atoms with E-state index in [2.05, 4.69) is 37.9 Å². The minimum atomic E-state index is 0.335. The van der Waals surface area contributed by atoms with Crippen LogP contribution < -0.4 is 5.32 Å². The molecule has 1 N–H and O–H groups in total. The third kappa shape index (κ3) is 3.79. The molecule has 0 aliphatic carbocycles. The van der Waals surface area contributed by atoms with Gasteiger partial charge in [-0.1, -0.05) is 17.7 Å². The van der Waals surface area contributed by atoms with E-state index < -0.39 is 0 Å². The van der Waals surface area contributed by atoms with Crippen molar-refractivity contribution in [3.63, 3.8) is 0 Å². The van der Waals surface area contributed by atoms with Crippen molar-refractivity contribution in [2.45, 2.75) is 6.61 Å². The number of ether oxygens (including phenoxy) is 1. The quantitative estimate of drug-likeness (QED) is 0.655. The minimum Gasteiger partial charge on any atom is -0.377 e. The van der Waals surface area contributed by atoms with Gasteiger partial charge in [0.2, 0.25) is 0 Å². The first-order valence-corrected chi connectivity index (χ1v) is 6.68. The van der Waals surface area contributed by atoms with Crippen LogP contribution in [0.25, 0.3) is 0 Å². The lowest BCUT2D eigenvalue weighted by atomic mass is 10.3. The zero-order valence-electron chi connectivity index (χ0n) is 9.65. The Balaban J connectivity index is 2.23. The lowest BCUT2D eigenvalue weighted by Crippen LogP contribution is -2.01. The Bertz CT molecular complexity index is 551. The van der Waals surface area contributed by atoms with Crippen LogP contribution in [0, 0.1) is 3.57 Å². The van der Waals surface area contributed by atoms with E-state index in [0.717, 1.165) is 9.26 Å². The summed E-state index contributed by atoms with van der Waals surface area (Å²) in [5, 5.41) is 3.58. The third-order valence-corrected chi connectivity index (χ3v) is 2.98. The van der Waals surface area contributed by atoms with Gasteiger partial charge in [-0.15, -0.1) is 0 Å². The first-order valence-electron chi connectivity index (χ1n) is 5.22. The van der Waals surface area contributed by atoms with Gasteiger partial charge in [0, 0.05) is 22.4 Å². The topological polar surface area (TPSA) is 47.0 Å². The van der Waals surface area contributed by atoms with Crippen LogP contribution in [0.1, 0.15) is 5.82 Å². The summed E-state index contributed by atoms with van der Waals surface area (Å²) < 4.78 is 6.14. The molecule has 0 saturated carbocycles. The van der Waals surface area contributed by atoms with Gasteiger partial charge in [-0.2, -0.15) is 0 Å². The molecule has 0 aliphatic heterocycles. The molecule has 0 bridgehead atoms. The SMILES string of the molecule is COCc1nc(Cl)cc(Nc2cccc(I)c2)n1. The van der Waals surface area contributed by atoms with E-state index in [1.54, 1.807) is 13.2 Å². The van der Waals surface area contributed by atoms with Crippen LogP contribution >= 0.6 is 34.2 Å². The third-order valence-electron chi connectivity index (χ3n) is 2.11. The van der Waals surface area contributed by atoms with Crippen molar-refractivity contribution in [2.24, 2.45) is 0 Å². The summed E-state index contributed by atoms with van der Waals surface area (Å²) in [6.07, 6.45) is 0. The molecule has 2 rings (SSSR count). The second-order valence-electron chi connectivity index (χ2n) is 3.56. The molecule has 0 amide bonds. The smallest absolute Gasteiger partial charge is 0.158 e. The molecule has 0 unspecified atom stereocenters. The molecule has 0 spiro atoms. The van der Waals surface area contributed by atoms with Gasteiger partial charge >= 0.3 is 0 Å². The number of nitrogens with zero attached hydrogens (tertiary/aromatic N) is 2. The van der Waals surface area contributed by atoms with Crippen molar-refractivity contribution in [1.29, 1.82) is 0 Å². The van der Waals surface area contributed by atoms with Crippen molar-refractivity contribution in [3.05, 3.63) is 44.9 Å². The molecule has 4 nitrogen and oxygen atoms in total. The Kier molecular flexibility index (Phi) is 4.73. The lowest BCUT2D eigenvalue weighted by Gasteiger charge is -2.08. The Labute approximate surface area is 124 Å². The summed E-state index contributed by atoms with van der Waals surface area (Å²) in [5.41, 5.74) is 0.958. The van der Waals surface area contributed by atoms with Crippen molar-refractivity contribution in [3.8, 4) is 0 Å². The predicted molar refractivity (Wildman–Crippen MR) is 80.2 cm³/mol. The fraction of sp³-hybridized carbons (Fsp3) is 0.167. The average Bonchev–Trinajstić information content (AvgIpc) is 2.28. The number of nitrogens with one attached hydrogen (secondary N) is 1. The van der Waals surface area contributed by atoms with Gasteiger partial charge in [0.1, 0.15) is 17.6 Å². The van der Waals surface area contributed by atoms with E-state index in [0.29, 0.717) is 23.4 Å². The summed E-state index contributed by atoms with van der Waals surface area (Å²) in [7, 11) is 1.59. The number of methoxy groups -OCH3 is 1. The van der Waals surface area contributed by atoms with Crippen LogP contribution in [0.3, 0.4) is 0 Å². The fourth-order valence-corrected chi connectivity index (χ4v) is 2.18. The number of halogens is 2. The van der Waals surface area contributed by atoms with Crippen LogP contribution in [-0.4, -0.2) is 17.1 Å². The summed E-state index contributed by atoms with van der Waals surface area (Å²) in [6.45, 7) is 0.335. The molecule has 94 valence electrons. The molecule has 0 radical (unpaired) electrons. The summed E-state index contributed by atoms with van der Waals surface area (Å²) >= 11 is 8.19. The molecule has 0 saturated heterocycles. The van der Waals surface area contributed by atoms with E-state index in [1.807, 2.05) is 24.3 Å². The fourth-order valence-electron chi connectivity index (χ4n) is 1.44. The first kappa shape index (κ1) is 13.5. The maximum absolute atomic E-state index is 5.94. The molecule has 6 heteroatoms. The molecule has 1 aromatic heterocycles. The first-order chi connectivity index (χ1) is 8.67.